The maximum Gasteiger partial charge on any atom is 0.321 e. The Labute approximate surface area is 119 Å². The molecule has 1 saturated heterocycles. The van der Waals surface area contributed by atoms with Crippen LogP contribution >= 0.6 is 0 Å². The number of hydrogen-bond acceptors (Lipinski definition) is 3. The van der Waals surface area contributed by atoms with Gasteiger partial charge >= 0.3 is 6.03 Å². The molecule has 5 heteroatoms. The monoisotopic (exact) mass is 277 g/mol. The molecule has 1 heterocycles. The van der Waals surface area contributed by atoms with E-state index in [0.29, 0.717) is 13.1 Å². The third-order valence-electron chi connectivity index (χ3n) is 3.63. The molecule has 0 spiro atoms. The van der Waals surface area contributed by atoms with Gasteiger partial charge in [0.15, 0.2) is 0 Å². The van der Waals surface area contributed by atoms with Gasteiger partial charge in [0.2, 0.25) is 0 Å². The highest BCUT2D eigenvalue weighted by atomic mass is 16.3. The number of aliphatic hydroxyl groups is 1. The number of hydrogen-bond donors (Lipinski definition) is 3. The highest BCUT2D eigenvalue weighted by Gasteiger charge is 2.30. The van der Waals surface area contributed by atoms with Gasteiger partial charge in [-0.3, -0.25) is 0 Å². The number of anilines is 1. The molecule has 1 aromatic rings. The van der Waals surface area contributed by atoms with Crippen molar-refractivity contribution in [3.05, 3.63) is 29.8 Å². The van der Waals surface area contributed by atoms with Gasteiger partial charge in [-0.2, -0.15) is 0 Å². The molecule has 2 rings (SSSR count). The van der Waals surface area contributed by atoms with E-state index in [1.165, 1.54) is 0 Å². The van der Waals surface area contributed by atoms with E-state index in [4.69, 9.17) is 5.73 Å². The molecule has 1 fully saturated rings. The van der Waals surface area contributed by atoms with E-state index in [1.54, 1.807) is 11.8 Å². The highest BCUT2D eigenvalue weighted by molar-refractivity contribution is 5.89. The Morgan fingerprint density at radius 2 is 2.30 bits per heavy atom. The van der Waals surface area contributed by atoms with Crippen molar-refractivity contribution in [1.82, 2.24) is 4.90 Å². The van der Waals surface area contributed by atoms with Gasteiger partial charge in [-0.25, -0.2) is 4.79 Å². The summed E-state index contributed by atoms with van der Waals surface area (Å²) in [5.41, 5.74) is 6.76. The lowest BCUT2D eigenvalue weighted by Gasteiger charge is -2.36. The number of urea groups is 1. The Hall–Kier alpha value is -1.59. The summed E-state index contributed by atoms with van der Waals surface area (Å²) < 4.78 is 0. The van der Waals surface area contributed by atoms with Gasteiger partial charge in [-0.05, 0) is 44.4 Å². The van der Waals surface area contributed by atoms with Crippen molar-refractivity contribution < 1.29 is 9.90 Å². The van der Waals surface area contributed by atoms with E-state index in [2.05, 4.69) is 5.32 Å². The Morgan fingerprint density at radius 3 is 2.95 bits per heavy atom. The van der Waals surface area contributed by atoms with Gasteiger partial charge in [0.1, 0.15) is 0 Å². The van der Waals surface area contributed by atoms with Crippen molar-refractivity contribution in [2.24, 2.45) is 5.73 Å². The predicted octanol–water partition coefficient (Wildman–Crippen LogP) is 2.08. The van der Waals surface area contributed by atoms with E-state index in [-0.39, 0.29) is 12.1 Å². The van der Waals surface area contributed by atoms with Crippen LogP contribution in [0.2, 0.25) is 0 Å². The molecule has 1 aliphatic heterocycles. The number of rotatable bonds is 2. The quantitative estimate of drug-likeness (QED) is 0.774. The van der Waals surface area contributed by atoms with Crippen molar-refractivity contribution in [1.29, 1.82) is 0 Å². The summed E-state index contributed by atoms with van der Waals surface area (Å²) in [7, 11) is 0. The summed E-state index contributed by atoms with van der Waals surface area (Å²) in [6.07, 6.45) is 1.55. The molecule has 1 aliphatic rings. The fourth-order valence-corrected chi connectivity index (χ4v) is 2.50. The third kappa shape index (κ3) is 3.71. The summed E-state index contributed by atoms with van der Waals surface area (Å²) >= 11 is 0. The van der Waals surface area contributed by atoms with Crippen LogP contribution in [0.1, 0.15) is 38.3 Å². The fourth-order valence-electron chi connectivity index (χ4n) is 2.50. The molecule has 20 heavy (non-hydrogen) atoms. The van der Waals surface area contributed by atoms with Crippen LogP contribution in [0.5, 0.6) is 0 Å². The molecule has 5 nitrogen and oxygen atoms in total. The number of nitrogens with two attached hydrogens (primary N) is 1. The lowest BCUT2D eigenvalue weighted by molar-refractivity contribution is -0.000635. The summed E-state index contributed by atoms with van der Waals surface area (Å²) in [6.45, 7) is 4.71. The van der Waals surface area contributed by atoms with Gasteiger partial charge in [-0.1, -0.05) is 12.1 Å². The van der Waals surface area contributed by atoms with Crippen molar-refractivity contribution in [2.45, 2.75) is 38.3 Å². The first-order valence-electron chi connectivity index (χ1n) is 7.01. The number of nitrogens with one attached hydrogen (secondary N) is 1. The van der Waals surface area contributed by atoms with Gasteiger partial charge in [-0.15, -0.1) is 0 Å². The molecule has 0 aromatic heterocycles. The third-order valence-corrected chi connectivity index (χ3v) is 3.63. The van der Waals surface area contributed by atoms with E-state index in [9.17, 15) is 9.90 Å². The Balaban J connectivity index is 2.02. The molecular formula is C15H23N3O2. The Bertz CT molecular complexity index is 486. The molecule has 2 unspecified atom stereocenters. The van der Waals surface area contributed by atoms with Gasteiger partial charge in [0.05, 0.1) is 12.1 Å². The molecule has 0 aliphatic carbocycles. The average Bonchev–Trinajstić information content (AvgIpc) is 2.37. The van der Waals surface area contributed by atoms with Crippen LogP contribution in [0, 0.1) is 0 Å². The smallest absolute Gasteiger partial charge is 0.321 e. The fraction of sp³-hybridized carbons (Fsp3) is 0.533. The second kappa shape index (κ2) is 5.81. The number of nitrogens with zero attached hydrogens (tertiary/aromatic N) is 1. The zero-order chi connectivity index (χ0) is 14.8. The number of likely N-dealkylation sites (tertiary alicyclic amines) is 1. The first-order chi connectivity index (χ1) is 9.37. The number of β-amino-alcohol motifs (C(OH)–C–C–N with tert-alkyl or cyclic N) is 1. The maximum absolute atomic E-state index is 12.2. The van der Waals surface area contributed by atoms with Crippen LogP contribution in [-0.4, -0.2) is 34.7 Å². The zero-order valence-corrected chi connectivity index (χ0v) is 12.1. The minimum Gasteiger partial charge on any atom is -0.388 e. The summed E-state index contributed by atoms with van der Waals surface area (Å²) in [5.74, 6) is 0. The van der Waals surface area contributed by atoms with E-state index in [0.717, 1.165) is 24.1 Å². The number of carbonyl (C=O) groups excluding carboxylic acids is 1. The molecule has 1 aromatic carbocycles. The van der Waals surface area contributed by atoms with Crippen molar-refractivity contribution >= 4 is 11.7 Å². The number of benzene rings is 1. The molecule has 2 atom stereocenters. The number of amides is 2. The van der Waals surface area contributed by atoms with Crippen LogP contribution in [0.3, 0.4) is 0 Å². The summed E-state index contributed by atoms with van der Waals surface area (Å²) in [6, 6.07) is 7.29. The topological polar surface area (TPSA) is 78.6 Å². The SMILES string of the molecule is CC(N)c1cccc(NC(=O)N2CCCC(C)(O)C2)c1. The maximum atomic E-state index is 12.2. The molecule has 110 valence electrons. The zero-order valence-electron chi connectivity index (χ0n) is 12.1. The predicted molar refractivity (Wildman–Crippen MR) is 79.5 cm³/mol. The molecule has 0 radical (unpaired) electrons. The van der Waals surface area contributed by atoms with Crippen molar-refractivity contribution in [3.63, 3.8) is 0 Å². The second-order valence-corrected chi connectivity index (χ2v) is 5.87. The standard InChI is InChI=1S/C15H23N3O2/c1-11(16)12-5-3-6-13(9-12)17-14(19)18-8-4-7-15(2,20)10-18/h3,5-6,9,11,20H,4,7-8,10,16H2,1-2H3,(H,17,19). The van der Waals surface area contributed by atoms with Crippen LogP contribution in [-0.2, 0) is 0 Å². The molecule has 0 bridgehead atoms. The second-order valence-electron chi connectivity index (χ2n) is 5.87. The van der Waals surface area contributed by atoms with E-state index < -0.39 is 5.60 Å². The van der Waals surface area contributed by atoms with Crippen LogP contribution in [0.25, 0.3) is 0 Å². The van der Waals surface area contributed by atoms with Gasteiger partial charge < -0.3 is 21.1 Å². The minimum absolute atomic E-state index is 0.0671. The summed E-state index contributed by atoms with van der Waals surface area (Å²) in [4.78, 5) is 13.9. The lowest BCUT2D eigenvalue weighted by atomic mass is 9.95. The average molecular weight is 277 g/mol. The van der Waals surface area contributed by atoms with Gasteiger partial charge in [0, 0.05) is 18.3 Å². The first-order valence-corrected chi connectivity index (χ1v) is 7.01. The molecule has 2 amide bonds. The number of piperidine rings is 1. The molecular weight excluding hydrogens is 254 g/mol. The van der Waals surface area contributed by atoms with Crippen molar-refractivity contribution in [3.8, 4) is 0 Å². The Morgan fingerprint density at radius 1 is 1.55 bits per heavy atom. The van der Waals surface area contributed by atoms with Crippen LogP contribution in [0.4, 0.5) is 10.5 Å². The normalized spacial score (nSPS) is 24.3. The largest absolute Gasteiger partial charge is 0.388 e. The van der Waals surface area contributed by atoms with E-state index in [1.807, 2.05) is 31.2 Å². The molecule has 4 N–H and O–H groups in total. The highest BCUT2D eigenvalue weighted by Crippen LogP contribution is 2.21. The Kier molecular flexibility index (Phi) is 4.30. The van der Waals surface area contributed by atoms with Crippen molar-refractivity contribution in [2.75, 3.05) is 18.4 Å². The van der Waals surface area contributed by atoms with Gasteiger partial charge in [0.25, 0.3) is 0 Å². The minimum atomic E-state index is -0.788. The molecule has 0 saturated carbocycles. The number of carbonyl (C=O) groups is 1. The lowest BCUT2D eigenvalue weighted by Crippen LogP contribution is -2.49. The summed E-state index contributed by atoms with van der Waals surface area (Å²) in [5, 5.41) is 12.9. The van der Waals surface area contributed by atoms with Crippen LogP contribution in [0.15, 0.2) is 24.3 Å². The van der Waals surface area contributed by atoms with Crippen LogP contribution < -0.4 is 11.1 Å². The van der Waals surface area contributed by atoms with E-state index >= 15 is 0 Å². The first kappa shape index (κ1) is 14.8.